The fourth-order valence-corrected chi connectivity index (χ4v) is 2.75. The number of nitrogens with one attached hydrogen (secondary N) is 1. The number of hydrogen-bond acceptors (Lipinski definition) is 2. The second-order valence-corrected chi connectivity index (χ2v) is 5.56. The van der Waals surface area contributed by atoms with E-state index in [1.165, 1.54) is 5.56 Å². The molecule has 0 saturated carbocycles. The predicted octanol–water partition coefficient (Wildman–Crippen LogP) is 2.87. The summed E-state index contributed by atoms with van der Waals surface area (Å²) in [6.07, 6.45) is 0. The van der Waals surface area contributed by atoms with E-state index in [1.54, 1.807) is 6.92 Å². The third-order valence-corrected chi connectivity index (χ3v) is 4.53. The maximum Gasteiger partial charge on any atom is 0.308 e. The van der Waals surface area contributed by atoms with E-state index in [1.807, 2.05) is 25.1 Å². The first-order valence-corrected chi connectivity index (χ1v) is 5.91. The van der Waals surface area contributed by atoms with Crippen molar-refractivity contribution in [3.63, 3.8) is 0 Å². The summed E-state index contributed by atoms with van der Waals surface area (Å²) < 4.78 is 0. The molecule has 1 heterocycles. The molecule has 0 bridgehead atoms. The highest BCUT2D eigenvalue weighted by atomic mass is 16.4. The SMILES string of the molecule is CC(C(=O)O)C1(C)Nc2ccccc2C1(C)C. The van der Waals surface area contributed by atoms with Crippen molar-refractivity contribution in [1.29, 1.82) is 0 Å². The standard InChI is InChI=1S/C14H19NO2/c1-9(12(16)17)14(4)13(2,3)10-7-5-6-8-11(10)15-14/h5-9,15H,1-4H3,(H,16,17). The number of carboxylic acids is 1. The van der Waals surface area contributed by atoms with Gasteiger partial charge in [-0.05, 0) is 25.5 Å². The number of anilines is 1. The highest BCUT2D eigenvalue weighted by molar-refractivity contribution is 5.76. The lowest BCUT2D eigenvalue weighted by molar-refractivity contribution is -0.143. The van der Waals surface area contributed by atoms with Gasteiger partial charge in [0.05, 0.1) is 11.5 Å². The zero-order valence-corrected chi connectivity index (χ0v) is 10.7. The van der Waals surface area contributed by atoms with Crippen molar-refractivity contribution in [2.45, 2.75) is 38.6 Å². The van der Waals surface area contributed by atoms with Crippen LogP contribution in [0, 0.1) is 5.92 Å². The number of fused-ring (bicyclic) bond motifs is 1. The zero-order valence-electron chi connectivity index (χ0n) is 10.7. The smallest absolute Gasteiger partial charge is 0.308 e. The normalized spacial score (nSPS) is 27.1. The minimum Gasteiger partial charge on any atom is -0.481 e. The molecule has 0 spiro atoms. The van der Waals surface area contributed by atoms with Gasteiger partial charge in [0.15, 0.2) is 0 Å². The fourth-order valence-electron chi connectivity index (χ4n) is 2.75. The van der Waals surface area contributed by atoms with Crippen LogP contribution in [0.3, 0.4) is 0 Å². The van der Waals surface area contributed by atoms with Crippen LogP contribution in [-0.2, 0) is 10.2 Å². The molecule has 0 radical (unpaired) electrons. The van der Waals surface area contributed by atoms with Crippen LogP contribution in [0.4, 0.5) is 5.69 Å². The molecule has 3 nitrogen and oxygen atoms in total. The number of hydrogen-bond donors (Lipinski definition) is 2. The minimum absolute atomic E-state index is 0.207. The zero-order chi connectivity index (χ0) is 12.8. The molecule has 1 aliphatic rings. The third kappa shape index (κ3) is 1.45. The molecule has 0 aliphatic carbocycles. The van der Waals surface area contributed by atoms with Crippen LogP contribution in [0.15, 0.2) is 24.3 Å². The molecule has 1 aliphatic heterocycles. The average Bonchev–Trinajstić information content (AvgIpc) is 2.47. The van der Waals surface area contributed by atoms with E-state index in [9.17, 15) is 9.90 Å². The first-order valence-electron chi connectivity index (χ1n) is 5.91. The highest BCUT2D eigenvalue weighted by Gasteiger charge is 2.53. The molecule has 2 atom stereocenters. The van der Waals surface area contributed by atoms with Crippen molar-refractivity contribution < 1.29 is 9.90 Å². The van der Waals surface area contributed by atoms with E-state index in [4.69, 9.17) is 0 Å². The first-order chi connectivity index (χ1) is 7.80. The van der Waals surface area contributed by atoms with Crippen LogP contribution >= 0.6 is 0 Å². The number of rotatable bonds is 2. The van der Waals surface area contributed by atoms with Gasteiger partial charge in [-0.3, -0.25) is 4.79 Å². The van der Waals surface area contributed by atoms with Crippen molar-refractivity contribution in [2.75, 3.05) is 5.32 Å². The van der Waals surface area contributed by atoms with Gasteiger partial charge in [-0.2, -0.15) is 0 Å². The van der Waals surface area contributed by atoms with E-state index >= 15 is 0 Å². The quantitative estimate of drug-likeness (QED) is 0.825. The van der Waals surface area contributed by atoms with Gasteiger partial charge in [0.25, 0.3) is 0 Å². The Morgan fingerprint density at radius 2 is 1.88 bits per heavy atom. The molecule has 0 fully saturated rings. The number of benzene rings is 1. The molecule has 2 rings (SSSR count). The van der Waals surface area contributed by atoms with Crippen LogP contribution in [0.5, 0.6) is 0 Å². The van der Waals surface area contributed by atoms with E-state index in [0.717, 1.165) is 5.69 Å². The fraction of sp³-hybridized carbons (Fsp3) is 0.500. The Hall–Kier alpha value is -1.51. The van der Waals surface area contributed by atoms with E-state index in [2.05, 4.69) is 25.2 Å². The summed E-state index contributed by atoms with van der Waals surface area (Å²) in [6, 6.07) is 8.05. The number of para-hydroxylation sites is 1. The second kappa shape index (κ2) is 3.49. The Morgan fingerprint density at radius 1 is 1.29 bits per heavy atom. The summed E-state index contributed by atoms with van der Waals surface area (Å²) in [4.78, 5) is 11.3. The van der Waals surface area contributed by atoms with Crippen molar-refractivity contribution in [1.82, 2.24) is 0 Å². The van der Waals surface area contributed by atoms with Gasteiger partial charge in [-0.25, -0.2) is 0 Å². The Balaban J connectivity index is 2.53. The molecule has 2 unspecified atom stereocenters. The van der Waals surface area contributed by atoms with E-state index in [0.29, 0.717) is 0 Å². The predicted molar refractivity (Wildman–Crippen MR) is 68.3 cm³/mol. The molecule has 1 aromatic carbocycles. The summed E-state index contributed by atoms with van der Waals surface area (Å²) in [7, 11) is 0. The summed E-state index contributed by atoms with van der Waals surface area (Å²) >= 11 is 0. The average molecular weight is 233 g/mol. The maximum absolute atomic E-state index is 11.3. The number of carboxylic acid groups (broad SMARTS) is 1. The van der Waals surface area contributed by atoms with Crippen LogP contribution < -0.4 is 5.32 Å². The number of aliphatic carboxylic acids is 1. The molecule has 0 amide bonds. The van der Waals surface area contributed by atoms with E-state index < -0.39 is 17.4 Å². The van der Waals surface area contributed by atoms with Crippen molar-refractivity contribution >= 4 is 11.7 Å². The van der Waals surface area contributed by atoms with Crippen LogP contribution in [0.25, 0.3) is 0 Å². The maximum atomic E-state index is 11.3. The molecule has 0 saturated heterocycles. The molecular formula is C14H19NO2. The van der Waals surface area contributed by atoms with Gasteiger partial charge in [-0.15, -0.1) is 0 Å². The van der Waals surface area contributed by atoms with Crippen LogP contribution in [-0.4, -0.2) is 16.6 Å². The molecule has 0 aromatic heterocycles. The second-order valence-electron chi connectivity index (χ2n) is 5.56. The van der Waals surface area contributed by atoms with Gasteiger partial charge >= 0.3 is 5.97 Å². The molecule has 17 heavy (non-hydrogen) atoms. The van der Waals surface area contributed by atoms with Gasteiger partial charge in [-0.1, -0.05) is 32.0 Å². The van der Waals surface area contributed by atoms with Gasteiger partial charge < -0.3 is 10.4 Å². The molecule has 1 aromatic rings. The van der Waals surface area contributed by atoms with Gasteiger partial charge in [0, 0.05) is 11.1 Å². The Labute approximate surface area is 102 Å². The highest BCUT2D eigenvalue weighted by Crippen LogP contribution is 2.50. The lowest BCUT2D eigenvalue weighted by Gasteiger charge is -2.41. The monoisotopic (exact) mass is 233 g/mol. The minimum atomic E-state index is -0.763. The third-order valence-electron chi connectivity index (χ3n) is 4.53. The van der Waals surface area contributed by atoms with Gasteiger partial charge in [0.1, 0.15) is 0 Å². The topological polar surface area (TPSA) is 49.3 Å². The molecule has 3 heteroatoms. The van der Waals surface area contributed by atoms with Crippen molar-refractivity contribution in [3.05, 3.63) is 29.8 Å². The largest absolute Gasteiger partial charge is 0.481 e. The Morgan fingerprint density at radius 3 is 2.41 bits per heavy atom. The van der Waals surface area contributed by atoms with E-state index in [-0.39, 0.29) is 5.41 Å². The van der Waals surface area contributed by atoms with Crippen LogP contribution in [0.1, 0.15) is 33.3 Å². The lowest BCUT2D eigenvalue weighted by Crippen LogP contribution is -2.53. The summed E-state index contributed by atoms with van der Waals surface area (Å²) in [5, 5.41) is 12.7. The van der Waals surface area contributed by atoms with Gasteiger partial charge in [0.2, 0.25) is 0 Å². The molecule has 2 N–H and O–H groups in total. The summed E-state index contributed by atoms with van der Waals surface area (Å²) in [5.74, 6) is -1.22. The van der Waals surface area contributed by atoms with Crippen LogP contribution in [0.2, 0.25) is 0 Å². The lowest BCUT2D eigenvalue weighted by atomic mass is 9.66. The van der Waals surface area contributed by atoms with Crippen molar-refractivity contribution in [2.24, 2.45) is 5.92 Å². The summed E-state index contributed by atoms with van der Waals surface area (Å²) in [5.41, 5.74) is 1.56. The first kappa shape index (κ1) is 12.0. The van der Waals surface area contributed by atoms with Crippen molar-refractivity contribution in [3.8, 4) is 0 Å². The Bertz CT molecular complexity index is 467. The Kier molecular flexibility index (Phi) is 2.45. The summed E-state index contributed by atoms with van der Waals surface area (Å²) in [6.45, 7) is 7.96. The number of carbonyl (C=O) groups is 1. The molecule has 92 valence electrons. The molecular weight excluding hydrogens is 214 g/mol.